The topological polar surface area (TPSA) is 100 Å². The Morgan fingerprint density at radius 1 is 0.929 bits per heavy atom. The fourth-order valence-corrected chi connectivity index (χ4v) is 3.09. The van der Waals surface area contributed by atoms with Crippen molar-refractivity contribution in [2.75, 3.05) is 16.0 Å². The van der Waals surface area contributed by atoms with E-state index in [-0.39, 0.29) is 17.5 Å². The third-order valence-corrected chi connectivity index (χ3v) is 4.51. The first-order valence-corrected chi connectivity index (χ1v) is 9.38. The largest absolute Gasteiger partial charge is 0.326 e. The van der Waals surface area contributed by atoms with Crippen LogP contribution in [0.2, 0.25) is 5.02 Å². The molecule has 2 aromatic carbocycles. The summed E-state index contributed by atoms with van der Waals surface area (Å²) in [7, 11) is 0. The van der Waals surface area contributed by atoms with Gasteiger partial charge in [0, 0.05) is 34.3 Å². The van der Waals surface area contributed by atoms with Crippen LogP contribution in [0.4, 0.5) is 16.5 Å². The minimum Gasteiger partial charge on any atom is -0.326 e. The van der Waals surface area contributed by atoms with Crippen molar-refractivity contribution < 1.29 is 14.4 Å². The number of hydrogen-bond acceptors (Lipinski definition) is 5. The van der Waals surface area contributed by atoms with Crippen LogP contribution < -0.4 is 16.0 Å². The lowest BCUT2D eigenvalue weighted by Gasteiger charge is -2.06. The number of halogens is 1. The number of hydrogen-bond donors (Lipinski definition) is 3. The minimum atomic E-state index is -0.428. The maximum atomic E-state index is 12.4. The lowest BCUT2D eigenvalue weighted by Crippen LogP contribution is -2.14. The maximum absolute atomic E-state index is 12.4. The van der Waals surface area contributed by atoms with E-state index in [1.807, 2.05) is 0 Å². The molecule has 0 radical (unpaired) electrons. The molecule has 0 spiro atoms. The van der Waals surface area contributed by atoms with Crippen molar-refractivity contribution in [1.82, 2.24) is 4.98 Å². The van der Waals surface area contributed by atoms with Gasteiger partial charge in [-0.05, 0) is 42.5 Å². The number of nitrogens with zero attached hydrogens (tertiary/aromatic N) is 1. The summed E-state index contributed by atoms with van der Waals surface area (Å²) >= 11 is 6.95. The third-order valence-electron chi connectivity index (χ3n) is 3.50. The summed E-state index contributed by atoms with van der Waals surface area (Å²) in [4.78, 5) is 39.8. The van der Waals surface area contributed by atoms with Gasteiger partial charge in [-0.15, -0.1) is 11.3 Å². The molecule has 3 rings (SSSR count). The quantitative estimate of drug-likeness (QED) is 0.580. The van der Waals surface area contributed by atoms with E-state index in [4.69, 9.17) is 11.6 Å². The van der Waals surface area contributed by atoms with Gasteiger partial charge < -0.3 is 10.6 Å². The number of carbonyl (C=O) groups is 3. The number of rotatable bonds is 5. The molecule has 1 aromatic heterocycles. The van der Waals surface area contributed by atoms with Gasteiger partial charge in [0.15, 0.2) is 5.13 Å². The van der Waals surface area contributed by atoms with Crippen molar-refractivity contribution in [3.05, 3.63) is 70.2 Å². The van der Waals surface area contributed by atoms with Gasteiger partial charge >= 0.3 is 0 Å². The van der Waals surface area contributed by atoms with Gasteiger partial charge in [0.1, 0.15) is 5.69 Å². The molecule has 0 saturated carbocycles. The SMILES string of the molecule is CC(=O)Nc1cccc(NC(=O)c2csc(NC(=O)c3ccc(Cl)cc3)n2)c1. The van der Waals surface area contributed by atoms with Gasteiger partial charge in [0.25, 0.3) is 11.8 Å². The zero-order valence-electron chi connectivity index (χ0n) is 14.7. The summed E-state index contributed by atoms with van der Waals surface area (Å²) in [6, 6.07) is 13.2. The molecular weight excluding hydrogens is 400 g/mol. The van der Waals surface area contributed by atoms with E-state index in [1.54, 1.807) is 53.9 Å². The average molecular weight is 415 g/mol. The van der Waals surface area contributed by atoms with Crippen LogP contribution in [-0.4, -0.2) is 22.7 Å². The highest BCUT2D eigenvalue weighted by atomic mass is 35.5. The molecule has 0 atom stereocenters. The van der Waals surface area contributed by atoms with Crippen LogP contribution in [0.3, 0.4) is 0 Å². The Bertz CT molecular complexity index is 1030. The minimum absolute atomic E-state index is 0.168. The summed E-state index contributed by atoms with van der Waals surface area (Å²) in [6.07, 6.45) is 0. The van der Waals surface area contributed by atoms with Crippen molar-refractivity contribution in [1.29, 1.82) is 0 Å². The smallest absolute Gasteiger partial charge is 0.275 e. The molecule has 142 valence electrons. The van der Waals surface area contributed by atoms with E-state index in [9.17, 15) is 14.4 Å². The number of aromatic nitrogens is 1. The molecule has 0 bridgehead atoms. The number of carbonyl (C=O) groups excluding carboxylic acids is 3. The van der Waals surface area contributed by atoms with Gasteiger partial charge in [-0.1, -0.05) is 17.7 Å². The molecule has 0 unspecified atom stereocenters. The van der Waals surface area contributed by atoms with Gasteiger partial charge in [-0.3, -0.25) is 19.7 Å². The van der Waals surface area contributed by atoms with Gasteiger partial charge in [0.05, 0.1) is 0 Å². The molecule has 7 nitrogen and oxygen atoms in total. The van der Waals surface area contributed by atoms with E-state index in [0.717, 1.165) is 11.3 Å². The van der Waals surface area contributed by atoms with Crippen molar-refractivity contribution in [3.63, 3.8) is 0 Å². The Hall–Kier alpha value is -3.23. The molecular formula is C19H15ClN4O3S. The number of amides is 3. The second kappa shape index (κ2) is 8.64. The predicted octanol–water partition coefficient (Wildman–Crippen LogP) is 4.26. The summed E-state index contributed by atoms with van der Waals surface area (Å²) in [5.41, 5.74) is 1.68. The fraction of sp³-hybridized carbons (Fsp3) is 0.0526. The lowest BCUT2D eigenvalue weighted by molar-refractivity contribution is -0.114. The van der Waals surface area contributed by atoms with E-state index < -0.39 is 5.91 Å². The Labute approximate surface area is 169 Å². The highest BCUT2D eigenvalue weighted by Gasteiger charge is 2.14. The third kappa shape index (κ3) is 5.15. The highest BCUT2D eigenvalue weighted by molar-refractivity contribution is 7.14. The Balaban J connectivity index is 1.64. The Kier molecular flexibility index (Phi) is 6.03. The molecule has 3 aromatic rings. The molecule has 0 saturated heterocycles. The van der Waals surface area contributed by atoms with E-state index in [1.165, 1.54) is 6.92 Å². The summed E-state index contributed by atoms with van der Waals surface area (Å²) in [6.45, 7) is 1.40. The van der Waals surface area contributed by atoms with Crippen LogP contribution in [0.5, 0.6) is 0 Å². The molecule has 0 aliphatic carbocycles. The molecule has 0 fully saturated rings. The number of benzene rings is 2. The Morgan fingerprint density at radius 3 is 2.29 bits per heavy atom. The second-order valence-corrected chi connectivity index (χ2v) is 7.01. The van der Waals surface area contributed by atoms with Crippen molar-refractivity contribution in [3.8, 4) is 0 Å². The zero-order valence-corrected chi connectivity index (χ0v) is 16.2. The van der Waals surface area contributed by atoms with Crippen molar-refractivity contribution >= 4 is 57.2 Å². The monoisotopic (exact) mass is 414 g/mol. The van der Waals surface area contributed by atoms with Gasteiger partial charge in [0.2, 0.25) is 5.91 Å². The summed E-state index contributed by atoms with van der Waals surface area (Å²) in [5, 5.41) is 10.4. The average Bonchev–Trinajstić information content (AvgIpc) is 3.10. The summed E-state index contributed by atoms with van der Waals surface area (Å²) in [5.74, 6) is -0.978. The van der Waals surface area contributed by atoms with Gasteiger partial charge in [-0.25, -0.2) is 4.98 Å². The lowest BCUT2D eigenvalue weighted by atomic mass is 10.2. The maximum Gasteiger partial charge on any atom is 0.275 e. The van der Waals surface area contributed by atoms with Gasteiger partial charge in [-0.2, -0.15) is 0 Å². The number of anilines is 3. The Morgan fingerprint density at radius 2 is 1.61 bits per heavy atom. The molecule has 0 aliphatic heterocycles. The van der Waals surface area contributed by atoms with Crippen molar-refractivity contribution in [2.24, 2.45) is 0 Å². The predicted molar refractivity (Wildman–Crippen MR) is 110 cm³/mol. The van der Waals surface area contributed by atoms with E-state index in [2.05, 4.69) is 20.9 Å². The first-order valence-electron chi connectivity index (χ1n) is 8.12. The molecule has 28 heavy (non-hydrogen) atoms. The van der Waals surface area contributed by atoms with Crippen LogP contribution in [0.15, 0.2) is 53.9 Å². The van der Waals surface area contributed by atoms with E-state index >= 15 is 0 Å². The first kappa shape index (κ1) is 19.5. The highest BCUT2D eigenvalue weighted by Crippen LogP contribution is 2.20. The first-order chi connectivity index (χ1) is 13.4. The van der Waals surface area contributed by atoms with Crippen LogP contribution in [0, 0.1) is 0 Å². The summed E-state index contributed by atoms with van der Waals surface area (Å²) < 4.78 is 0. The molecule has 3 amide bonds. The zero-order chi connectivity index (χ0) is 20.1. The standard InChI is InChI=1S/C19H15ClN4O3S/c1-11(25)21-14-3-2-4-15(9-14)22-18(27)16-10-28-19(23-16)24-17(26)12-5-7-13(20)8-6-12/h2-10H,1H3,(H,21,25)(H,22,27)(H,23,24,26). The normalized spacial score (nSPS) is 10.2. The van der Waals surface area contributed by atoms with Crippen LogP contribution >= 0.6 is 22.9 Å². The second-order valence-electron chi connectivity index (χ2n) is 5.72. The van der Waals surface area contributed by atoms with Crippen LogP contribution in [0.1, 0.15) is 27.8 Å². The fourth-order valence-electron chi connectivity index (χ4n) is 2.28. The van der Waals surface area contributed by atoms with Crippen molar-refractivity contribution in [2.45, 2.75) is 6.92 Å². The number of thiazole rings is 1. The molecule has 0 aliphatic rings. The number of nitrogens with one attached hydrogen (secondary N) is 3. The van der Waals surface area contributed by atoms with E-state index in [0.29, 0.717) is 27.1 Å². The molecule has 9 heteroatoms. The van der Waals surface area contributed by atoms with Crippen LogP contribution in [0.25, 0.3) is 0 Å². The van der Waals surface area contributed by atoms with Crippen LogP contribution in [-0.2, 0) is 4.79 Å². The molecule has 3 N–H and O–H groups in total. The molecule has 1 heterocycles.